The number of rotatable bonds is 8. The van der Waals surface area contributed by atoms with E-state index in [4.69, 9.17) is 11.2 Å². The zero-order valence-electron chi connectivity index (χ0n) is 15.5. The summed E-state index contributed by atoms with van der Waals surface area (Å²) in [6, 6.07) is 17.9. The van der Waals surface area contributed by atoms with Crippen molar-refractivity contribution in [3.05, 3.63) is 60.2 Å². The van der Waals surface area contributed by atoms with E-state index in [1.807, 2.05) is 54.2 Å². The van der Waals surface area contributed by atoms with Crippen LogP contribution in [-0.4, -0.2) is 35.9 Å². The van der Waals surface area contributed by atoms with Gasteiger partial charge in [-0.25, -0.2) is 4.79 Å². The summed E-state index contributed by atoms with van der Waals surface area (Å²) >= 11 is 1.85. The zero-order chi connectivity index (χ0) is 19.1. The third-order valence-corrected chi connectivity index (χ3v) is 5.98. The first-order valence-corrected chi connectivity index (χ1v) is 9.81. The summed E-state index contributed by atoms with van der Waals surface area (Å²) in [7, 11) is 1.79. The van der Waals surface area contributed by atoms with Gasteiger partial charge in [-0.3, -0.25) is 0 Å². The second-order valence-corrected chi connectivity index (χ2v) is 8.25. The zero-order valence-corrected chi connectivity index (χ0v) is 16.3. The highest BCUT2D eigenvalue weighted by Gasteiger charge is 2.44. The molecule has 4 nitrogen and oxygen atoms in total. The van der Waals surface area contributed by atoms with Gasteiger partial charge in [0.2, 0.25) is 0 Å². The summed E-state index contributed by atoms with van der Waals surface area (Å²) in [5, 5.41) is 3.08. The maximum atomic E-state index is 12.5. The largest absolute Gasteiger partial charge is 0.481 e. The van der Waals surface area contributed by atoms with Crippen molar-refractivity contribution >= 4 is 17.8 Å². The molecule has 140 valence electrons. The van der Waals surface area contributed by atoms with Crippen molar-refractivity contribution in [2.75, 3.05) is 20.2 Å². The molecule has 0 heterocycles. The van der Waals surface area contributed by atoms with Crippen LogP contribution in [0.2, 0.25) is 0 Å². The predicted octanol–water partition coefficient (Wildman–Crippen LogP) is 4.16. The first kappa shape index (κ1) is 19.2. The van der Waals surface area contributed by atoms with Crippen LogP contribution in [-0.2, 0) is 6.54 Å². The van der Waals surface area contributed by atoms with E-state index in [0.29, 0.717) is 18.8 Å². The molecule has 0 spiro atoms. The Morgan fingerprint density at radius 1 is 1.22 bits per heavy atom. The standard InChI is InChI=1S/C22H24N2O2S/c1-3-15-26-20-12-8-7-9-18(20)16-24(2)21(25)23-17-22(13-14-22)27-19-10-5-4-6-11-19/h1,4-12H,13-17H2,2H3,(H,23,25). The number of hydrogen-bond acceptors (Lipinski definition) is 3. The summed E-state index contributed by atoms with van der Waals surface area (Å²) in [5.74, 6) is 3.18. The van der Waals surface area contributed by atoms with Crippen LogP contribution >= 0.6 is 11.8 Å². The van der Waals surface area contributed by atoms with Gasteiger partial charge in [0.05, 0.1) is 6.54 Å². The number of nitrogens with zero attached hydrogens (tertiary/aromatic N) is 1. The Labute approximate surface area is 165 Å². The molecule has 2 aromatic rings. The van der Waals surface area contributed by atoms with Gasteiger partial charge in [0.25, 0.3) is 0 Å². The Bertz CT molecular complexity index is 813. The van der Waals surface area contributed by atoms with Crippen LogP contribution in [0.3, 0.4) is 0 Å². The van der Waals surface area contributed by atoms with Gasteiger partial charge in [-0.05, 0) is 31.0 Å². The van der Waals surface area contributed by atoms with E-state index in [2.05, 4.69) is 23.4 Å². The van der Waals surface area contributed by atoms with Crippen molar-refractivity contribution in [1.82, 2.24) is 10.2 Å². The molecule has 0 aliphatic heterocycles. The van der Waals surface area contributed by atoms with Gasteiger partial charge in [-0.15, -0.1) is 18.2 Å². The topological polar surface area (TPSA) is 41.6 Å². The van der Waals surface area contributed by atoms with E-state index in [1.54, 1.807) is 11.9 Å². The normalized spacial score (nSPS) is 14.1. The second kappa shape index (κ2) is 8.88. The average molecular weight is 381 g/mol. The lowest BCUT2D eigenvalue weighted by atomic mass is 10.2. The summed E-state index contributed by atoms with van der Waals surface area (Å²) in [6.07, 6.45) is 7.51. The van der Waals surface area contributed by atoms with Crippen LogP contribution in [0.5, 0.6) is 5.75 Å². The molecule has 1 fully saturated rings. The molecule has 5 heteroatoms. The summed E-state index contributed by atoms with van der Waals surface area (Å²) in [5.41, 5.74) is 0.935. The van der Waals surface area contributed by atoms with E-state index < -0.39 is 0 Å². The predicted molar refractivity (Wildman–Crippen MR) is 110 cm³/mol. The maximum absolute atomic E-state index is 12.5. The van der Waals surface area contributed by atoms with Crippen molar-refractivity contribution in [3.63, 3.8) is 0 Å². The van der Waals surface area contributed by atoms with Gasteiger partial charge >= 0.3 is 6.03 Å². The fourth-order valence-corrected chi connectivity index (χ4v) is 4.03. The fourth-order valence-electron chi connectivity index (χ4n) is 2.79. The van der Waals surface area contributed by atoms with Gasteiger partial charge < -0.3 is 15.0 Å². The molecule has 1 saturated carbocycles. The molecular formula is C22H24N2O2S. The molecule has 1 aliphatic carbocycles. The number of carbonyl (C=O) groups is 1. The second-order valence-electron chi connectivity index (χ2n) is 6.71. The van der Waals surface area contributed by atoms with Crippen molar-refractivity contribution in [3.8, 4) is 18.1 Å². The molecular weight excluding hydrogens is 356 g/mol. The monoisotopic (exact) mass is 380 g/mol. The Morgan fingerprint density at radius 2 is 1.93 bits per heavy atom. The molecule has 1 N–H and O–H groups in total. The third-order valence-electron chi connectivity index (χ3n) is 4.48. The molecule has 1 aliphatic rings. The Kier molecular flexibility index (Phi) is 6.31. The highest BCUT2D eigenvalue weighted by molar-refractivity contribution is 8.01. The minimum absolute atomic E-state index is 0.0818. The Morgan fingerprint density at radius 3 is 2.63 bits per heavy atom. The van der Waals surface area contributed by atoms with E-state index in [1.165, 1.54) is 4.90 Å². The minimum atomic E-state index is -0.0818. The molecule has 0 unspecified atom stereocenters. The van der Waals surface area contributed by atoms with Crippen LogP contribution in [0.4, 0.5) is 4.79 Å². The lowest BCUT2D eigenvalue weighted by Crippen LogP contribution is -2.40. The van der Waals surface area contributed by atoms with E-state index >= 15 is 0 Å². The van der Waals surface area contributed by atoms with E-state index in [-0.39, 0.29) is 17.4 Å². The number of nitrogens with one attached hydrogen (secondary N) is 1. The van der Waals surface area contributed by atoms with Crippen LogP contribution in [0.1, 0.15) is 18.4 Å². The van der Waals surface area contributed by atoms with Gasteiger partial charge in [0, 0.05) is 28.8 Å². The number of terminal acetylenes is 1. The minimum Gasteiger partial charge on any atom is -0.481 e. The average Bonchev–Trinajstić information content (AvgIpc) is 3.45. The number of urea groups is 1. The highest BCUT2D eigenvalue weighted by atomic mass is 32.2. The SMILES string of the molecule is C#CCOc1ccccc1CN(C)C(=O)NCC1(Sc2ccccc2)CC1. The molecule has 0 aromatic heterocycles. The smallest absolute Gasteiger partial charge is 0.317 e. The maximum Gasteiger partial charge on any atom is 0.317 e. The number of ether oxygens (including phenoxy) is 1. The highest BCUT2D eigenvalue weighted by Crippen LogP contribution is 2.51. The number of benzene rings is 2. The van der Waals surface area contributed by atoms with Crippen molar-refractivity contribution in [1.29, 1.82) is 0 Å². The Hall–Kier alpha value is -2.58. The number of thioether (sulfide) groups is 1. The van der Waals surface area contributed by atoms with E-state index in [0.717, 1.165) is 18.4 Å². The first-order valence-electron chi connectivity index (χ1n) is 8.99. The number of carbonyl (C=O) groups excluding carboxylic acids is 1. The lowest BCUT2D eigenvalue weighted by molar-refractivity contribution is 0.206. The molecule has 0 bridgehead atoms. The molecule has 0 radical (unpaired) electrons. The Balaban J connectivity index is 1.52. The quantitative estimate of drug-likeness (QED) is 0.699. The summed E-state index contributed by atoms with van der Waals surface area (Å²) in [4.78, 5) is 15.4. The molecule has 0 saturated heterocycles. The number of amides is 2. The molecule has 3 rings (SSSR count). The summed E-state index contributed by atoms with van der Waals surface area (Å²) in [6.45, 7) is 1.35. The van der Waals surface area contributed by atoms with Crippen LogP contribution in [0.25, 0.3) is 0 Å². The van der Waals surface area contributed by atoms with Crippen molar-refractivity contribution in [2.24, 2.45) is 0 Å². The number of hydrogen-bond donors (Lipinski definition) is 1. The van der Waals surface area contributed by atoms with Crippen LogP contribution < -0.4 is 10.1 Å². The van der Waals surface area contributed by atoms with Crippen molar-refractivity contribution < 1.29 is 9.53 Å². The third kappa shape index (κ3) is 5.45. The van der Waals surface area contributed by atoms with Gasteiger partial charge in [-0.1, -0.05) is 42.3 Å². The molecule has 2 aromatic carbocycles. The van der Waals surface area contributed by atoms with Gasteiger partial charge in [0.1, 0.15) is 12.4 Å². The molecule has 27 heavy (non-hydrogen) atoms. The van der Waals surface area contributed by atoms with Crippen LogP contribution in [0.15, 0.2) is 59.5 Å². The molecule has 2 amide bonds. The van der Waals surface area contributed by atoms with E-state index in [9.17, 15) is 4.79 Å². The van der Waals surface area contributed by atoms with Gasteiger partial charge in [-0.2, -0.15) is 0 Å². The first-order chi connectivity index (χ1) is 13.1. The van der Waals surface area contributed by atoms with Gasteiger partial charge in [0.15, 0.2) is 0 Å². The lowest BCUT2D eigenvalue weighted by Gasteiger charge is -2.22. The van der Waals surface area contributed by atoms with Crippen LogP contribution in [0, 0.1) is 12.3 Å². The molecule has 0 atom stereocenters. The number of para-hydroxylation sites is 1. The van der Waals surface area contributed by atoms with Crippen molar-refractivity contribution in [2.45, 2.75) is 29.0 Å². The summed E-state index contributed by atoms with van der Waals surface area (Å²) < 4.78 is 5.69. The fraction of sp³-hybridized carbons (Fsp3) is 0.318.